The number of fused-ring (bicyclic) bond motifs is 2. The standard InChI is InChI=1S/2C21H27BNO4P/c2*1-20(2,3)28(21(4,5)6)19(23-16-12-8-7-9-13-16)26-22(27-28)24-17-14-10-11-15-18(17)25-22/h2*7-15H,1-6H3. The first-order valence-electron chi connectivity index (χ1n) is 19.2. The van der Waals surface area contributed by atoms with Crippen LogP contribution in [0.3, 0.4) is 0 Å². The van der Waals surface area contributed by atoms with E-state index in [1.807, 2.05) is 109 Å². The highest BCUT2D eigenvalue weighted by Gasteiger charge is 2.77. The lowest BCUT2D eigenvalue weighted by molar-refractivity contribution is 0.208. The summed E-state index contributed by atoms with van der Waals surface area (Å²) in [5.74, 6) is 2.52. The maximum atomic E-state index is 6.77. The first kappa shape index (κ1) is 40.1. The molecule has 0 saturated carbocycles. The van der Waals surface area contributed by atoms with Crippen molar-refractivity contribution in [2.75, 3.05) is 0 Å². The maximum absolute atomic E-state index is 6.77. The second-order valence-corrected chi connectivity index (χ2v) is 27.3. The number of aliphatic imine (C=N–C) groups is 2. The van der Waals surface area contributed by atoms with Crippen molar-refractivity contribution in [3.05, 3.63) is 109 Å². The third-order valence-corrected chi connectivity index (χ3v) is 20.3. The van der Waals surface area contributed by atoms with E-state index in [2.05, 4.69) is 83.1 Å². The van der Waals surface area contributed by atoms with Gasteiger partial charge in [-0.2, -0.15) is 9.98 Å². The van der Waals surface area contributed by atoms with E-state index >= 15 is 0 Å². The number of hydrogen-bond donors (Lipinski definition) is 0. The Balaban J connectivity index is 0.000000172. The Labute approximate surface area is 333 Å². The van der Waals surface area contributed by atoms with Crippen LogP contribution >= 0.6 is 15.0 Å². The van der Waals surface area contributed by atoms with Gasteiger partial charge in [0.2, 0.25) is 0 Å². The molecule has 0 unspecified atom stereocenters. The van der Waals surface area contributed by atoms with Crippen LogP contribution in [-0.4, -0.2) is 45.8 Å². The van der Waals surface area contributed by atoms with E-state index in [0.717, 1.165) is 11.4 Å². The van der Waals surface area contributed by atoms with Crippen molar-refractivity contribution in [2.45, 2.75) is 104 Å². The molecule has 296 valence electrons. The zero-order valence-corrected chi connectivity index (χ0v) is 36.4. The summed E-state index contributed by atoms with van der Waals surface area (Å²) in [6.07, 6.45) is 0. The molecular formula is C42H54B2N2O8P2. The van der Waals surface area contributed by atoms with Gasteiger partial charge >= 0.3 is 25.2 Å². The van der Waals surface area contributed by atoms with E-state index in [9.17, 15) is 0 Å². The molecule has 8 rings (SSSR count). The SMILES string of the molecule is CC(C)(C)[P+]1(C(C)(C)C)O[B-]2(OC1=Nc1ccccc1)Oc1ccccc1O2.CC(C)(C)[P+]1(C(C)(C)C)O[B-]2(OC1=Nc1ccccc1)Oc1ccccc1O2. The van der Waals surface area contributed by atoms with Crippen LogP contribution in [0.4, 0.5) is 11.4 Å². The highest BCUT2D eigenvalue weighted by Crippen LogP contribution is 2.84. The predicted octanol–water partition coefficient (Wildman–Crippen LogP) is 12.3. The van der Waals surface area contributed by atoms with E-state index in [4.69, 9.17) is 46.8 Å². The molecule has 4 heterocycles. The fraction of sp³-hybridized carbons (Fsp3) is 0.381. The quantitative estimate of drug-likeness (QED) is 0.146. The van der Waals surface area contributed by atoms with Crippen LogP contribution in [0.15, 0.2) is 119 Å². The summed E-state index contributed by atoms with van der Waals surface area (Å²) in [5.41, 5.74) is 2.82. The smallest absolute Gasteiger partial charge is 0.618 e. The number of para-hydroxylation sites is 6. The molecule has 4 aliphatic heterocycles. The van der Waals surface area contributed by atoms with Gasteiger partial charge in [0, 0.05) is 0 Å². The Kier molecular flexibility index (Phi) is 9.89. The zero-order chi connectivity index (χ0) is 40.4. The fourth-order valence-electron chi connectivity index (χ4n) is 8.28. The molecule has 0 N–H and O–H groups in total. The van der Waals surface area contributed by atoms with Gasteiger partial charge in [0.1, 0.15) is 43.6 Å². The van der Waals surface area contributed by atoms with Gasteiger partial charge in [-0.15, -0.1) is 0 Å². The molecule has 4 aromatic rings. The molecule has 2 saturated heterocycles. The number of rotatable bonds is 2. The van der Waals surface area contributed by atoms with Crippen molar-refractivity contribution in [3.8, 4) is 23.0 Å². The van der Waals surface area contributed by atoms with Gasteiger partial charge in [-0.1, -0.05) is 60.7 Å². The highest BCUT2D eigenvalue weighted by molar-refractivity contribution is 7.91. The van der Waals surface area contributed by atoms with Crippen molar-refractivity contribution in [1.82, 2.24) is 0 Å². The van der Waals surface area contributed by atoms with E-state index in [1.54, 1.807) is 0 Å². The average Bonchev–Trinajstić information content (AvgIpc) is 3.84. The molecule has 0 radical (unpaired) electrons. The van der Waals surface area contributed by atoms with Crippen LogP contribution in [0.1, 0.15) is 83.1 Å². The Bertz CT molecular complexity index is 1910. The van der Waals surface area contributed by atoms with E-state index < -0.39 is 28.9 Å². The third kappa shape index (κ3) is 6.87. The summed E-state index contributed by atoms with van der Waals surface area (Å²) in [6, 6.07) is 34.7. The van der Waals surface area contributed by atoms with Crippen LogP contribution in [-0.2, 0) is 18.2 Å². The Morgan fingerprint density at radius 1 is 0.357 bits per heavy atom. The van der Waals surface area contributed by atoms with Gasteiger partial charge in [0.05, 0.1) is 11.4 Å². The van der Waals surface area contributed by atoms with Crippen molar-refractivity contribution in [1.29, 1.82) is 0 Å². The maximum Gasteiger partial charge on any atom is 0.752 e. The van der Waals surface area contributed by atoms with Crippen LogP contribution in [0.2, 0.25) is 0 Å². The lowest BCUT2D eigenvalue weighted by Gasteiger charge is -2.42. The molecule has 56 heavy (non-hydrogen) atoms. The lowest BCUT2D eigenvalue weighted by Crippen LogP contribution is -2.48. The first-order chi connectivity index (χ1) is 26.1. The summed E-state index contributed by atoms with van der Waals surface area (Å²) >= 11 is 0. The van der Waals surface area contributed by atoms with Gasteiger partial charge in [0.25, 0.3) is 0 Å². The number of nitrogens with zero attached hydrogens (tertiary/aromatic N) is 2. The van der Waals surface area contributed by atoms with Gasteiger partial charge in [-0.05, 0) is 132 Å². The molecule has 14 heteroatoms. The summed E-state index contributed by atoms with van der Waals surface area (Å²) in [4.78, 5) is 9.80. The molecule has 10 nitrogen and oxygen atoms in total. The minimum Gasteiger partial charge on any atom is -0.618 e. The molecular weight excluding hydrogens is 744 g/mol. The topological polar surface area (TPSA) is 98.6 Å². The van der Waals surface area contributed by atoms with Gasteiger partial charge in [-0.25, -0.2) is 0 Å². The fourth-order valence-corrected chi connectivity index (χ4v) is 18.1. The van der Waals surface area contributed by atoms with Gasteiger partial charge in [-0.3, -0.25) is 0 Å². The third-order valence-electron chi connectivity index (χ3n) is 10.1. The Morgan fingerprint density at radius 3 is 0.857 bits per heavy atom. The minimum absolute atomic E-state index is 0.231. The Morgan fingerprint density at radius 2 is 0.607 bits per heavy atom. The summed E-state index contributed by atoms with van der Waals surface area (Å²) < 4.78 is 50.7. The highest BCUT2D eigenvalue weighted by atomic mass is 31.2. The first-order valence-corrected chi connectivity index (χ1v) is 22.6. The zero-order valence-electron chi connectivity index (χ0n) is 34.6. The molecule has 0 aliphatic carbocycles. The average molecular weight is 798 g/mol. The largest absolute Gasteiger partial charge is 0.752 e. The van der Waals surface area contributed by atoms with E-state index in [1.165, 1.54) is 0 Å². The second kappa shape index (κ2) is 13.8. The summed E-state index contributed by atoms with van der Waals surface area (Å²) in [6.45, 7) is 21.2. The van der Waals surface area contributed by atoms with Crippen molar-refractivity contribution in [3.63, 3.8) is 0 Å². The number of hydrogen-bond acceptors (Lipinski definition) is 10. The molecule has 4 aliphatic rings. The van der Waals surface area contributed by atoms with Gasteiger partial charge in [0.15, 0.2) is 15.0 Å². The normalized spacial score (nSPS) is 21.1. The number of benzene rings is 4. The predicted molar refractivity (Wildman–Crippen MR) is 231 cm³/mol. The summed E-state index contributed by atoms with van der Waals surface area (Å²) in [5, 5.41) is -0.922. The van der Waals surface area contributed by atoms with Crippen molar-refractivity contribution < 1.29 is 36.8 Å². The molecule has 0 atom stereocenters. The molecule has 0 bridgehead atoms. The monoisotopic (exact) mass is 798 g/mol. The van der Waals surface area contributed by atoms with Crippen LogP contribution in [0.25, 0.3) is 0 Å². The minimum atomic E-state index is -2.44. The lowest BCUT2D eigenvalue weighted by atomic mass is 10.1. The van der Waals surface area contributed by atoms with E-state index in [-0.39, 0.29) is 20.6 Å². The molecule has 2 fully saturated rings. The summed E-state index contributed by atoms with van der Waals surface area (Å²) in [7, 11) is -4.86. The van der Waals surface area contributed by atoms with Crippen LogP contribution in [0, 0.1) is 0 Å². The second-order valence-electron chi connectivity index (χ2n) is 18.3. The van der Waals surface area contributed by atoms with Gasteiger partial charge < -0.3 is 36.8 Å². The van der Waals surface area contributed by atoms with Crippen LogP contribution < -0.4 is 18.6 Å². The molecule has 0 aromatic heterocycles. The van der Waals surface area contributed by atoms with E-state index in [0.29, 0.717) is 34.3 Å². The van der Waals surface area contributed by atoms with Crippen molar-refractivity contribution >= 4 is 51.5 Å². The molecule has 2 spiro atoms. The molecule has 4 aromatic carbocycles. The molecule has 0 amide bonds. The Hall–Kier alpha value is -4.07. The van der Waals surface area contributed by atoms with Crippen molar-refractivity contribution in [2.24, 2.45) is 9.98 Å². The van der Waals surface area contributed by atoms with Crippen LogP contribution in [0.5, 0.6) is 23.0 Å².